The van der Waals surface area contributed by atoms with Gasteiger partial charge in [0.2, 0.25) is 9.04 Å². The van der Waals surface area contributed by atoms with Crippen molar-refractivity contribution in [2.24, 2.45) is 5.92 Å². The minimum Gasteiger partial charge on any atom is -0.414 e. The smallest absolute Gasteiger partial charge is 0.205 e. The summed E-state index contributed by atoms with van der Waals surface area (Å²) in [4.78, 5) is 0. The van der Waals surface area contributed by atoms with Crippen LogP contribution < -0.4 is 0 Å². The van der Waals surface area contributed by atoms with Crippen LogP contribution in [0.5, 0.6) is 0 Å². The van der Waals surface area contributed by atoms with Gasteiger partial charge in [-0.3, -0.25) is 0 Å². The second-order valence-electron chi connectivity index (χ2n) is 4.75. The maximum Gasteiger partial charge on any atom is 0.205 e. The summed E-state index contributed by atoms with van der Waals surface area (Å²) in [5, 5.41) is 0. The topological polar surface area (TPSA) is 9.23 Å². The zero-order chi connectivity index (χ0) is 10.4. The van der Waals surface area contributed by atoms with Gasteiger partial charge >= 0.3 is 0 Å². The maximum absolute atomic E-state index is 6.13. The average molecular weight is 213 g/mol. The van der Waals surface area contributed by atoms with Gasteiger partial charge in [-0.15, -0.1) is 0 Å². The molecule has 1 rings (SSSR count). The summed E-state index contributed by atoms with van der Waals surface area (Å²) in [5.74, 6) is 0.878. The monoisotopic (exact) mass is 213 g/mol. The van der Waals surface area contributed by atoms with Crippen LogP contribution in [0.25, 0.3) is 0 Å². The molecule has 83 valence electrons. The van der Waals surface area contributed by atoms with Crippen molar-refractivity contribution in [1.29, 1.82) is 0 Å². The lowest BCUT2D eigenvalue weighted by Crippen LogP contribution is -2.30. The van der Waals surface area contributed by atoms with Crippen molar-refractivity contribution in [2.75, 3.05) is 0 Å². The third-order valence-corrected chi connectivity index (χ3v) is 3.91. The molecular weight excluding hydrogens is 188 g/mol. The average Bonchev–Trinajstić information content (AvgIpc) is 2.18. The van der Waals surface area contributed by atoms with Crippen LogP contribution in [0.3, 0.4) is 0 Å². The Bertz CT molecular complexity index is 141. The van der Waals surface area contributed by atoms with E-state index in [0.717, 1.165) is 5.92 Å². The van der Waals surface area contributed by atoms with E-state index in [1.54, 1.807) is 0 Å². The fourth-order valence-electron chi connectivity index (χ4n) is 2.48. The standard InChI is InChI=1S/C12H25OSi/c1-4-8-12(13-14(2)3)11-9-6-5-7-10-11/h11-12H,4-10H2,1-3H3. The van der Waals surface area contributed by atoms with E-state index >= 15 is 0 Å². The molecule has 1 unspecified atom stereocenters. The molecular formula is C12H25OSi. The minimum absolute atomic E-state index is 0.504. The Kier molecular flexibility index (Phi) is 5.79. The molecule has 0 bridgehead atoms. The van der Waals surface area contributed by atoms with Crippen LogP contribution in [-0.2, 0) is 4.43 Å². The molecule has 0 saturated heterocycles. The highest BCUT2D eigenvalue weighted by Crippen LogP contribution is 2.30. The Morgan fingerprint density at radius 3 is 2.36 bits per heavy atom. The van der Waals surface area contributed by atoms with E-state index in [2.05, 4.69) is 20.0 Å². The molecule has 0 amide bonds. The SMILES string of the molecule is CCCC(O[Si](C)C)C1CCCCC1. The first-order valence-electron chi connectivity index (χ1n) is 6.21. The summed E-state index contributed by atoms with van der Waals surface area (Å²) in [7, 11) is -0.504. The first-order valence-corrected chi connectivity index (χ1v) is 8.61. The Balaban J connectivity index is 2.38. The van der Waals surface area contributed by atoms with E-state index < -0.39 is 9.04 Å². The quantitative estimate of drug-likeness (QED) is 0.627. The van der Waals surface area contributed by atoms with Crippen LogP contribution in [0.4, 0.5) is 0 Å². The molecule has 0 heterocycles. The van der Waals surface area contributed by atoms with Crippen molar-refractivity contribution < 1.29 is 4.43 Å². The van der Waals surface area contributed by atoms with Gasteiger partial charge in [0.15, 0.2) is 0 Å². The zero-order valence-electron chi connectivity index (χ0n) is 10.0. The van der Waals surface area contributed by atoms with E-state index in [1.807, 2.05) is 0 Å². The molecule has 0 aliphatic heterocycles. The Morgan fingerprint density at radius 2 is 1.86 bits per heavy atom. The lowest BCUT2D eigenvalue weighted by Gasteiger charge is -2.31. The van der Waals surface area contributed by atoms with Crippen LogP contribution >= 0.6 is 0 Å². The predicted octanol–water partition coefficient (Wildman–Crippen LogP) is 4.00. The first kappa shape index (κ1) is 12.2. The van der Waals surface area contributed by atoms with Gasteiger partial charge in [0.1, 0.15) is 0 Å². The molecule has 2 heteroatoms. The summed E-state index contributed by atoms with van der Waals surface area (Å²) >= 11 is 0. The zero-order valence-corrected chi connectivity index (χ0v) is 11.0. The van der Waals surface area contributed by atoms with E-state index in [9.17, 15) is 0 Å². The highest BCUT2D eigenvalue weighted by atomic mass is 28.3. The van der Waals surface area contributed by atoms with Crippen molar-refractivity contribution in [3.05, 3.63) is 0 Å². The third kappa shape index (κ3) is 4.14. The molecule has 0 spiro atoms. The van der Waals surface area contributed by atoms with E-state index in [-0.39, 0.29) is 0 Å². The van der Waals surface area contributed by atoms with Crippen LogP contribution in [0, 0.1) is 5.92 Å². The minimum atomic E-state index is -0.504. The molecule has 1 aliphatic carbocycles. The fourth-order valence-corrected chi connectivity index (χ4v) is 3.40. The first-order chi connectivity index (χ1) is 6.74. The molecule has 0 aromatic heterocycles. The maximum atomic E-state index is 6.13. The summed E-state index contributed by atoms with van der Waals surface area (Å²) in [6.07, 6.45) is 10.3. The van der Waals surface area contributed by atoms with Crippen molar-refractivity contribution in [2.45, 2.75) is 71.1 Å². The molecule has 1 atom stereocenters. The Labute approximate surface area is 91.0 Å². The number of hydrogen-bond acceptors (Lipinski definition) is 1. The van der Waals surface area contributed by atoms with E-state index in [4.69, 9.17) is 4.43 Å². The van der Waals surface area contributed by atoms with Crippen LogP contribution in [0.2, 0.25) is 13.1 Å². The third-order valence-electron chi connectivity index (χ3n) is 3.14. The van der Waals surface area contributed by atoms with Gasteiger partial charge in [0.05, 0.1) is 0 Å². The summed E-state index contributed by atoms with van der Waals surface area (Å²) in [6.45, 7) is 6.79. The number of hydrogen-bond donors (Lipinski definition) is 0. The molecule has 14 heavy (non-hydrogen) atoms. The van der Waals surface area contributed by atoms with Gasteiger partial charge in [-0.2, -0.15) is 0 Å². The highest BCUT2D eigenvalue weighted by Gasteiger charge is 2.24. The molecule has 1 fully saturated rings. The van der Waals surface area contributed by atoms with Crippen LogP contribution in [-0.4, -0.2) is 15.1 Å². The molecule has 1 aliphatic rings. The molecule has 1 radical (unpaired) electrons. The van der Waals surface area contributed by atoms with Gasteiger partial charge in [-0.25, -0.2) is 0 Å². The lowest BCUT2D eigenvalue weighted by atomic mass is 9.84. The second-order valence-corrected chi connectivity index (χ2v) is 6.80. The van der Waals surface area contributed by atoms with Gasteiger partial charge in [-0.1, -0.05) is 32.6 Å². The van der Waals surface area contributed by atoms with Crippen molar-refractivity contribution >= 4 is 9.04 Å². The fraction of sp³-hybridized carbons (Fsp3) is 1.00. The Hall–Kier alpha value is 0.177. The molecule has 1 nitrogen and oxygen atoms in total. The predicted molar refractivity (Wildman–Crippen MR) is 63.8 cm³/mol. The van der Waals surface area contributed by atoms with Crippen LogP contribution in [0.15, 0.2) is 0 Å². The van der Waals surface area contributed by atoms with Crippen molar-refractivity contribution in [1.82, 2.24) is 0 Å². The molecule has 1 saturated carbocycles. The Morgan fingerprint density at radius 1 is 1.21 bits per heavy atom. The molecule has 0 aromatic carbocycles. The van der Waals surface area contributed by atoms with Gasteiger partial charge < -0.3 is 4.43 Å². The summed E-state index contributed by atoms with van der Waals surface area (Å²) in [6, 6.07) is 0. The van der Waals surface area contributed by atoms with E-state index in [0.29, 0.717) is 6.10 Å². The normalized spacial score (nSPS) is 21.4. The second kappa shape index (κ2) is 6.62. The van der Waals surface area contributed by atoms with Gasteiger partial charge in [0, 0.05) is 6.10 Å². The van der Waals surface area contributed by atoms with Crippen LogP contribution in [0.1, 0.15) is 51.9 Å². The summed E-state index contributed by atoms with van der Waals surface area (Å²) < 4.78 is 6.13. The van der Waals surface area contributed by atoms with Gasteiger partial charge in [0.25, 0.3) is 0 Å². The van der Waals surface area contributed by atoms with Gasteiger partial charge in [-0.05, 0) is 38.3 Å². The van der Waals surface area contributed by atoms with E-state index in [1.165, 1.54) is 44.9 Å². The highest BCUT2D eigenvalue weighted by molar-refractivity contribution is 6.48. The lowest BCUT2D eigenvalue weighted by molar-refractivity contribution is 0.0989. The number of rotatable bonds is 5. The summed E-state index contributed by atoms with van der Waals surface area (Å²) in [5.41, 5.74) is 0. The van der Waals surface area contributed by atoms with Crippen molar-refractivity contribution in [3.63, 3.8) is 0 Å². The van der Waals surface area contributed by atoms with Crippen molar-refractivity contribution in [3.8, 4) is 0 Å². The molecule has 0 N–H and O–H groups in total. The largest absolute Gasteiger partial charge is 0.414 e. The molecule has 0 aromatic rings.